The van der Waals surface area contributed by atoms with E-state index in [1.807, 2.05) is 0 Å². The van der Waals surface area contributed by atoms with Crippen LogP contribution >= 0.6 is 0 Å². The number of ether oxygens (including phenoxy) is 1. The van der Waals surface area contributed by atoms with Crippen molar-refractivity contribution >= 4 is 12.0 Å². The molecule has 2 aliphatic rings. The molecule has 10 heteroatoms. The van der Waals surface area contributed by atoms with Crippen molar-refractivity contribution in [2.45, 2.75) is 50.8 Å². The van der Waals surface area contributed by atoms with Gasteiger partial charge >= 0.3 is 12.5 Å². The van der Waals surface area contributed by atoms with E-state index in [4.69, 9.17) is 14.9 Å². The lowest BCUT2D eigenvalue weighted by Gasteiger charge is -2.36. The van der Waals surface area contributed by atoms with Crippen molar-refractivity contribution in [1.82, 2.24) is 15.1 Å². The number of hydrogen-bond donors (Lipinski definition) is 1. The molecule has 1 saturated carbocycles. The van der Waals surface area contributed by atoms with Crippen molar-refractivity contribution in [3.05, 3.63) is 35.2 Å². The van der Waals surface area contributed by atoms with E-state index in [1.165, 1.54) is 0 Å². The normalized spacial score (nSPS) is 21.8. The average Bonchev–Trinajstić information content (AvgIpc) is 3.27. The summed E-state index contributed by atoms with van der Waals surface area (Å²) >= 11 is 0. The van der Waals surface area contributed by atoms with Gasteiger partial charge in [0.15, 0.2) is 0 Å². The minimum atomic E-state index is -2.86. The molecule has 0 radical (unpaired) electrons. The minimum Gasteiger partial charge on any atom is -0.444 e. The van der Waals surface area contributed by atoms with Gasteiger partial charge < -0.3 is 19.8 Å². The van der Waals surface area contributed by atoms with Gasteiger partial charge in [-0.3, -0.25) is 4.79 Å². The number of primary amides is 1. The van der Waals surface area contributed by atoms with E-state index in [0.29, 0.717) is 30.5 Å². The molecule has 1 aromatic carbocycles. The van der Waals surface area contributed by atoms with Crippen LogP contribution in [0.4, 0.5) is 13.6 Å². The highest BCUT2D eigenvalue weighted by molar-refractivity contribution is 5.99. The number of nitrogens with zero attached hydrogens (tertiary/aromatic N) is 3. The van der Waals surface area contributed by atoms with Gasteiger partial charge in [0.1, 0.15) is 6.10 Å². The first-order valence-electron chi connectivity index (χ1n) is 8.96. The Morgan fingerprint density at radius 1 is 1.29 bits per heavy atom. The quantitative estimate of drug-likeness (QED) is 0.856. The van der Waals surface area contributed by atoms with E-state index in [1.54, 1.807) is 23.1 Å². The van der Waals surface area contributed by atoms with Gasteiger partial charge in [-0.1, -0.05) is 12.5 Å². The van der Waals surface area contributed by atoms with Gasteiger partial charge in [-0.25, -0.2) is 4.79 Å². The van der Waals surface area contributed by atoms with Crippen LogP contribution in [0.5, 0.6) is 0 Å². The van der Waals surface area contributed by atoms with Crippen molar-refractivity contribution < 1.29 is 27.5 Å². The zero-order valence-electron chi connectivity index (χ0n) is 14.8. The van der Waals surface area contributed by atoms with Gasteiger partial charge in [0.2, 0.25) is 5.89 Å². The molecule has 1 aliphatic carbocycles. The van der Waals surface area contributed by atoms with Crippen molar-refractivity contribution in [3.63, 3.8) is 0 Å². The largest absolute Gasteiger partial charge is 0.444 e. The van der Waals surface area contributed by atoms with Crippen LogP contribution < -0.4 is 5.73 Å². The monoisotopic (exact) mass is 392 g/mol. The first-order valence-corrected chi connectivity index (χ1v) is 8.96. The Morgan fingerprint density at radius 2 is 2.07 bits per heavy atom. The molecule has 28 heavy (non-hydrogen) atoms. The SMILES string of the molecule is NC(=O)O[C@@H]1CCCC[C@H]1N1Cc2ccc(-c3nnc(C(F)F)o3)cc2C1=O. The summed E-state index contributed by atoms with van der Waals surface area (Å²) in [5.74, 6) is -1.05. The van der Waals surface area contributed by atoms with E-state index < -0.39 is 24.5 Å². The number of benzene rings is 1. The highest BCUT2D eigenvalue weighted by Gasteiger charge is 2.39. The number of alkyl halides is 2. The Kier molecular flexibility index (Phi) is 4.70. The van der Waals surface area contributed by atoms with Crippen molar-refractivity contribution in [3.8, 4) is 11.5 Å². The Morgan fingerprint density at radius 3 is 2.79 bits per heavy atom. The second kappa shape index (κ2) is 7.17. The molecule has 148 valence electrons. The molecule has 0 spiro atoms. The number of carbonyl (C=O) groups is 2. The maximum Gasteiger partial charge on any atom is 0.404 e. The van der Waals surface area contributed by atoms with Gasteiger partial charge in [0.25, 0.3) is 11.8 Å². The van der Waals surface area contributed by atoms with Crippen LogP contribution in [0.25, 0.3) is 11.5 Å². The van der Waals surface area contributed by atoms with Crippen LogP contribution in [0.2, 0.25) is 0 Å². The lowest BCUT2D eigenvalue weighted by atomic mass is 9.91. The Bertz CT molecular complexity index is 917. The lowest BCUT2D eigenvalue weighted by molar-refractivity contribution is 0.00883. The molecule has 1 fully saturated rings. The third-order valence-electron chi connectivity index (χ3n) is 5.15. The Labute approximate surface area is 158 Å². The molecule has 0 bridgehead atoms. The fourth-order valence-corrected chi connectivity index (χ4v) is 3.88. The van der Waals surface area contributed by atoms with Gasteiger partial charge in [0.05, 0.1) is 6.04 Å². The number of fused-ring (bicyclic) bond motifs is 1. The fourth-order valence-electron chi connectivity index (χ4n) is 3.88. The van der Waals surface area contributed by atoms with Crippen LogP contribution in [0.15, 0.2) is 22.6 Å². The third kappa shape index (κ3) is 3.30. The minimum absolute atomic E-state index is 0.0723. The van der Waals surface area contributed by atoms with Crippen LogP contribution in [0.3, 0.4) is 0 Å². The first-order chi connectivity index (χ1) is 13.4. The zero-order chi connectivity index (χ0) is 19.8. The topological polar surface area (TPSA) is 112 Å². The van der Waals surface area contributed by atoms with Crippen LogP contribution in [0, 0.1) is 0 Å². The molecule has 2 N–H and O–H groups in total. The second-order valence-electron chi connectivity index (χ2n) is 6.88. The highest BCUT2D eigenvalue weighted by atomic mass is 19.3. The summed E-state index contributed by atoms with van der Waals surface area (Å²) in [6.45, 7) is 0.379. The van der Waals surface area contributed by atoms with Gasteiger partial charge in [-0.05, 0) is 37.0 Å². The second-order valence-corrected chi connectivity index (χ2v) is 6.88. The Balaban J connectivity index is 1.58. The molecule has 1 aliphatic heterocycles. The van der Waals surface area contributed by atoms with Crippen molar-refractivity contribution in [1.29, 1.82) is 0 Å². The van der Waals surface area contributed by atoms with Crippen molar-refractivity contribution in [2.75, 3.05) is 0 Å². The first kappa shape index (κ1) is 18.3. The Hall–Kier alpha value is -3.04. The standard InChI is InChI=1S/C18H18F2N4O4/c19-14(20)16-23-22-15(28-16)9-5-6-10-8-24(17(25)11(10)7-9)12-3-1-2-4-13(12)27-18(21)26/h5-7,12-14H,1-4,8H2,(H2,21,26)/t12-,13-/m1/s1. The number of carbonyl (C=O) groups excluding carboxylic acids is 2. The number of amides is 2. The molecule has 2 atom stereocenters. The summed E-state index contributed by atoms with van der Waals surface area (Å²) in [5.41, 5.74) is 6.80. The molecule has 2 heterocycles. The molecular formula is C18H18F2N4O4. The number of hydrogen-bond acceptors (Lipinski definition) is 6. The molecule has 2 aromatic rings. The highest BCUT2D eigenvalue weighted by Crippen LogP contribution is 2.34. The van der Waals surface area contributed by atoms with E-state index in [-0.39, 0.29) is 17.8 Å². The summed E-state index contributed by atoms with van der Waals surface area (Å²) in [5, 5.41) is 6.93. The van der Waals surface area contributed by atoms with Gasteiger partial charge in [-0.2, -0.15) is 8.78 Å². The summed E-state index contributed by atoms with van der Waals surface area (Å²) in [4.78, 5) is 25.9. The average molecular weight is 392 g/mol. The predicted molar refractivity (Wildman–Crippen MR) is 91.3 cm³/mol. The van der Waals surface area contributed by atoms with E-state index in [0.717, 1.165) is 18.4 Å². The maximum atomic E-state index is 13.0. The molecule has 4 rings (SSSR count). The lowest BCUT2D eigenvalue weighted by Crippen LogP contribution is -2.48. The maximum absolute atomic E-state index is 13.0. The van der Waals surface area contributed by atoms with Crippen LogP contribution in [0.1, 0.15) is 53.9 Å². The number of halogens is 2. The number of aromatic nitrogens is 2. The molecular weight excluding hydrogens is 374 g/mol. The summed E-state index contributed by atoms with van der Waals surface area (Å²) in [6, 6.07) is 4.70. The number of rotatable bonds is 4. The van der Waals surface area contributed by atoms with E-state index >= 15 is 0 Å². The van der Waals surface area contributed by atoms with E-state index in [2.05, 4.69) is 10.2 Å². The summed E-state index contributed by atoms with van der Waals surface area (Å²) in [6.07, 6.45) is -0.961. The molecule has 0 unspecified atom stereocenters. The van der Waals surface area contributed by atoms with Crippen LogP contribution in [-0.4, -0.2) is 39.2 Å². The van der Waals surface area contributed by atoms with Crippen LogP contribution in [-0.2, 0) is 11.3 Å². The van der Waals surface area contributed by atoms with Gasteiger partial charge in [0, 0.05) is 17.7 Å². The van der Waals surface area contributed by atoms with Gasteiger partial charge in [-0.15, -0.1) is 10.2 Å². The van der Waals surface area contributed by atoms with E-state index in [9.17, 15) is 18.4 Å². The zero-order valence-corrected chi connectivity index (χ0v) is 14.8. The number of nitrogens with two attached hydrogens (primary N) is 1. The van der Waals surface area contributed by atoms with Crippen molar-refractivity contribution in [2.24, 2.45) is 5.73 Å². The smallest absolute Gasteiger partial charge is 0.404 e. The molecule has 8 nitrogen and oxygen atoms in total. The molecule has 0 saturated heterocycles. The molecule has 2 amide bonds. The fraction of sp³-hybridized carbons (Fsp3) is 0.444. The predicted octanol–water partition coefficient (Wildman–Crippen LogP) is 3.04. The molecule has 1 aromatic heterocycles. The third-order valence-corrected chi connectivity index (χ3v) is 5.15. The summed E-state index contributed by atoms with van der Waals surface area (Å²) < 4.78 is 35.5. The summed E-state index contributed by atoms with van der Waals surface area (Å²) in [7, 11) is 0.